The molecule has 0 radical (unpaired) electrons. The van der Waals surface area contributed by atoms with Gasteiger partial charge in [-0.15, -0.1) is 0 Å². The van der Waals surface area contributed by atoms with Crippen molar-refractivity contribution in [2.45, 2.75) is 25.4 Å². The van der Waals surface area contributed by atoms with Gasteiger partial charge in [0.15, 0.2) is 5.16 Å². The summed E-state index contributed by atoms with van der Waals surface area (Å²) >= 11 is 1.51. The van der Waals surface area contributed by atoms with E-state index in [-0.39, 0.29) is 11.8 Å². The molecule has 1 amide bonds. The normalized spacial score (nSPS) is 11.9. The van der Waals surface area contributed by atoms with Gasteiger partial charge < -0.3 is 15.5 Å². The van der Waals surface area contributed by atoms with E-state index in [4.69, 9.17) is 0 Å². The second-order valence-electron chi connectivity index (χ2n) is 4.92. The summed E-state index contributed by atoms with van der Waals surface area (Å²) in [5, 5.41) is 6.68. The first-order valence-corrected chi connectivity index (χ1v) is 8.34. The average molecular weight is 311 g/mol. The molecule has 118 valence electrons. The highest BCUT2D eigenvalue weighted by Gasteiger charge is 2.16. The number of carbonyl (C=O) groups excluding carboxylic acids is 1. The highest BCUT2D eigenvalue weighted by molar-refractivity contribution is 7.98. The summed E-state index contributed by atoms with van der Waals surface area (Å²) in [4.78, 5) is 22.5. The van der Waals surface area contributed by atoms with Crippen LogP contribution in [-0.2, 0) is 4.79 Å². The summed E-state index contributed by atoms with van der Waals surface area (Å²) in [7, 11) is 3.59. The minimum Gasteiger partial charge on any atom is -0.370 e. The van der Waals surface area contributed by atoms with Crippen LogP contribution in [0.4, 0.5) is 11.6 Å². The van der Waals surface area contributed by atoms with Gasteiger partial charge >= 0.3 is 0 Å². The number of anilines is 2. The van der Waals surface area contributed by atoms with Gasteiger partial charge in [-0.05, 0) is 12.7 Å². The molecule has 21 heavy (non-hydrogen) atoms. The van der Waals surface area contributed by atoms with Crippen molar-refractivity contribution in [2.24, 2.45) is 5.92 Å². The van der Waals surface area contributed by atoms with Crippen LogP contribution < -0.4 is 15.5 Å². The van der Waals surface area contributed by atoms with E-state index in [1.165, 1.54) is 11.8 Å². The zero-order chi connectivity index (χ0) is 15.8. The van der Waals surface area contributed by atoms with Crippen LogP contribution in [0.3, 0.4) is 0 Å². The molecular formula is C14H25N5OS. The van der Waals surface area contributed by atoms with E-state index >= 15 is 0 Å². The minimum absolute atomic E-state index is 0.0327. The van der Waals surface area contributed by atoms with E-state index in [0.29, 0.717) is 6.54 Å². The van der Waals surface area contributed by atoms with Crippen molar-refractivity contribution in [3.63, 3.8) is 0 Å². The van der Waals surface area contributed by atoms with Gasteiger partial charge in [0.25, 0.3) is 0 Å². The molecule has 1 unspecified atom stereocenters. The Balaban J connectivity index is 2.86. The van der Waals surface area contributed by atoms with Crippen LogP contribution in [0.2, 0.25) is 0 Å². The molecule has 0 aliphatic heterocycles. The fraction of sp³-hybridized carbons (Fsp3) is 0.643. The lowest BCUT2D eigenvalue weighted by Crippen LogP contribution is -2.34. The Labute approximate surface area is 131 Å². The molecule has 0 fully saturated rings. The molecule has 0 saturated heterocycles. The number of rotatable bonds is 8. The van der Waals surface area contributed by atoms with Gasteiger partial charge in [-0.2, -0.15) is 0 Å². The largest absolute Gasteiger partial charge is 0.370 e. The molecule has 7 heteroatoms. The number of thioether (sulfide) groups is 1. The third kappa shape index (κ3) is 5.41. The van der Waals surface area contributed by atoms with Crippen molar-refractivity contribution >= 4 is 29.3 Å². The van der Waals surface area contributed by atoms with Crippen LogP contribution in [0.25, 0.3) is 0 Å². The summed E-state index contributed by atoms with van der Waals surface area (Å²) in [5.41, 5.74) is 0. The number of nitrogens with zero attached hydrogens (tertiary/aromatic N) is 3. The smallest absolute Gasteiger partial charge is 0.224 e. The van der Waals surface area contributed by atoms with Gasteiger partial charge in [0.1, 0.15) is 11.6 Å². The van der Waals surface area contributed by atoms with Gasteiger partial charge in [0, 0.05) is 33.3 Å². The molecule has 1 heterocycles. The number of hydrogen-bond donors (Lipinski definition) is 2. The Morgan fingerprint density at radius 2 is 2.19 bits per heavy atom. The summed E-state index contributed by atoms with van der Waals surface area (Å²) in [6.07, 6.45) is 2.99. The molecule has 0 aromatic carbocycles. The van der Waals surface area contributed by atoms with Crippen molar-refractivity contribution in [1.29, 1.82) is 0 Å². The van der Waals surface area contributed by atoms with Crippen LogP contribution in [0.1, 0.15) is 20.3 Å². The van der Waals surface area contributed by atoms with Crippen LogP contribution >= 0.6 is 11.8 Å². The van der Waals surface area contributed by atoms with Crippen LogP contribution in [0, 0.1) is 5.92 Å². The molecule has 1 rings (SSSR count). The molecule has 1 aromatic heterocycles. The predicted molar refractivity (Wildman–Crippen MR) is 89.1 cm³/mol. The summed E-state index contributed by atoms with van der Waals surface area (Å²) < 4.78 is 0. The quantitative estimate of drug-likeness (QED) is 0.564. The monoisotopic (exact) mass is 311 g/mol. The number of aromatic nitrogens is 2. The standard InChI is InChI=1S/C14H25N5OS/c1-6-7-16-11-8-12(18-14(17-11)21-5)19(4)9-10(2)13(20)15-3/h8,10H,6-7,9H2,1-5H3,(H,15,20)(H,16,17,18). The highest BCUT2D eigenvalue weighted by atomic mass is 32.2. The number of carbonyl (C=O) groups is 1. The van der Waals surface area contributed by atoms with Crippen LogP contribution in [-0.4, -0.2) is 49.3 Å². The zero-order valence-corrected chi connectivity index (χ0v) is 14.3. The number of amides is 1. The molecular weight excluding hydrogens is 286 g/mol. The van der Waals surface area contributed by atoms with E-state index in [2.05, 4.69) is 27.5 Å². The fourth-order valence-corrected chi connectivity index (χ4v) is 2.25. The zero-order valence-electron chi connectivity index (χ0n) is 13.4. The second-order valence-corrected chi connectivity index (χ2v) is 5.69. The Bertz CT molecular complexity index is 469. The predicted octanol–water partition coefficient (Wildman–Crippen LogP) is 1.84. The van der Waals surface area contributed by atoms with Gasteiger partial charge in [-0.1, -0.05) is 25.6 Å². The topological polar surface area (TPSA) is 70.2 Å². The van der Waals surface area contributed by atoms with Crippen LogP contribution in [0.15, 0.2) is 11.2 Å². The van der Waals surface area contributed by atoms with Crippen molar-refractivity contribution in [1.82, 2.24) is 15.3 Å². The van der Waals surface area contributed by atoms with Gasteiger partial charge in [0.05, 0.1) is 5.92 Å². The van der Waals surface area contributed by atoms with Gasteiger partial charge in [-0.25, -0.2) is 9.97 Å². The SMILES string of the molecule is CCCNc1cc(N(C)CC(C)C(=O)NC)nc(SC)n1. The van der Waals surface area contributed by atoms with E-state index in [0.717, 1.165) is 29.8 Å². The van der Waals surface area contributed by atoms with E-state index in [9.17, 15) is 4.79 Å². The molecule has 2 N–H and O–H groups in total. The van der Waals surface area contributed by atoms with Crippen molar-refractivity contribution in [3.8, 4) is 0 Å². The Kier molecular flexibility index (Phi) is 7.28. The minimum atomic E-state index is -0.0975. The first-order chi connectivity index (χ1) is 10.0. The third-order valence-corrected chi connectivity index (χ3v) is 3.61. The molecule has 1 atom stereocenters. The van der Waals surface area contributed by atoms with E-state index in [1.54, 1.807) is 7.05 Å². The van der Waals surface area contributed by atoms with Crippen molar-refractivity contribution < 1.29 is 4.79 Å². The van der Waals surface area contributed by atoms with Crippen LogP contribution in [0.5, 0.6) is 0 Å². The maximum Gasteiger partial charge on any atom is 0.224 e. The van der Waals surface area contributed by atoms with Gasteiger partial charge in [0.2, 0.25) is 5.91 Å². The first-order valence-electron chi connectivity index (χ1n) is 7.11. The van der Waals surface area contributed by atoms with Crippen molar-refractivity contribution in [2.75, 3.05) is 43.7 Å². The first kappa shape index (κ1) is 17.6. The lowest BCUT2D eigenvalue weighted by molar-refractivity contribution is -0.123. The Hall–Kier alpha value is -1.50. The molecule has 1 aromatic rings. The molecule has 6 nitrogen and oxygen atoms in total. The highest BCUT2D eigenvalue weighted by Crippen LogP contribution is 2.20. The fourth-order valence-electron chi connectivity index (χ4n) is 1.88. The number of hydrogen-bond acceptors (Lipinski definition) is 6. The van der Waals surface area contributed by atoms with E-state index in [1.807, 2.05) is 31.2 Å². The Morgan fingerprint density at radius 3 is 2.76 bits per heavy atom. The third-order valence-electron chi connectivity index (χ3n) is 3.06. The maximum absolute atomic E-state index is 11.6. The summed E-state index contributed by atoms with van der Waals surface area (Å²) in [6, 6.07) is 1.92. The molecule has 0 spiro atoms. The number of nitrogens with one attached hydrogen (secondary N) is 2. The maximum atomic E-state index is 11.6. The molecule has 0 bridgehead atoms. The summed E-state index contributed by atoms with van der Waals surface area (Å²) in [5.74, 6) is 1.58. The summed E-state index contributed by atoms with van der Waals surface area (Å²) in [6.45, 7) is 5.50. The van der Waals surface area contributed by atoms with Crippen molar-refractivity contribution in [3.05, 3.63) is 6.07 Å². The second kappa shape index (κ2) is 8.71. The average Bonchev–Trinajstić information content (AvgIpc) is 2.51. The molecule has 0 saturated carbocycles. The lowest BCUT2D eigenvalue weighted by Gasteiger charge is -2.22. The lowest BCUT2D eigenvalue weighted by atomic mass is 10.1. The van der Waals surface area contributed by atoms with Gasteiger partial charge in [-0.3, -0.25) is 4.79 Å². The molecule has 0 aliphatic rings. The Morgan fingerprint density at radius 1 is 1.48 bits per heavy atom. The molecule has 0 aliphatic carbocycles. The van der Waals surface area contributed by atoms with E-state index < -0.39 is 0 Å².